The van der Waals surface area contributed by atoms with E-state index in [1.54, 1.807) is 0 Å². The van der Waals surface area contributed by atoms with Gasteiger partial charge in [-0.25, -0.2) is 0 Å². The molecule has 0 aliphatic heterocycles. The first-order valence-corrected chi connectivity index (χ1v) is 9.98. The van der Waals surface area contributed by atoms with Gasteiger partial charge in [0.25, 0.3) is 0 Å². The third-order valence-electron chi connectivity index (χ3n) is 9.17. The Morgan fingerprint density at radius 3 is 2.48 bits per heavy atom. The lowest BCUT2D eigenvalue weighted by Crippen LogP contribution is -2.55. The maximum Gasteiger partial charge on any atom is 0.0661 e. The first-order valence-electron chi connectivity index (χ1n) is 9.98. The van der Waals surface area contributed by atoms with Crippen LogP contribution in [0.2, 0.25) is 0 Å². The highest BCUT2D eigenvalue weighted by atomic mass is 16.3. The normalized spacial score (nSPS) is 58.7. The number of fused-ring (bicyclic) bond motifs is 5. The predicted molar refractivity (Wildman–Crippen MR) is 91.4 cm³/mol. The quantitative estimate of drug-likeness (QED) is 0.699. The van der Waals surface area contributed by atoms with Crippen molar-refractivity contribution in [1.82, 2.24) is 0 Å². The predicted octanol–water partition coefficient (Wildman–Crippen LogP) is 4.78. The molecule has 2 heteroatoms. The summed E-state index contributed by atoms with van der Waals surface area (Å²) in [6, 6.07) is 2.64. The molecule has 0 radical (unpaired) electrons. The molecule has 4 saturated carbocycles. The zero-order valence-electron chi connectivity index (χ0n) is 15.1. The molecular weight excluding hydrogens is 282 g/mol. The molecule has 0 amide bonds. The number of aliphatic hydroxyl groups is 1. The second-order valence-electron chi connectivity index (χ2n) is 9.94. The summed E-state index contributed by atoms with van der Waals surface area (Å²) in [6.07, 6.45) is 9.84. The molecule has 9 atom stereocenters. The maximum atomic E-state index is 10.3. The zero-order chi connectivity index (χ0) is 16.4. The van der Waals surface area contributed by atoms with E-state index in [-0.39, 0.29) is 6.10 Å². The van der Waals surface area contributed by atoms with Crippen molar-refractivity contribution in [1.29, 1.82) is 5.26 Å². The molecule has 5 unspecified atom stereocenters. The van der Waals surface area contributed by atoms with E-state index in [4.69, 9.17) is 0 Å². The Kier molecular flexibility index (Phi) is 3.62. The second kappa shape index (κ2) is 5.22. The molecule has 4 rings (SSSR count). The minimum atomic E-state index is -0.0760. The van der Waals surface area contributed by atoms with E-state index < -0.39 is 0 Å². The Labute approximate surface area is 141 Å². The SMILES string of the molecule is CC1C[C@@]2(C)C(CC[C@@H]3C2CC[C@]2(C)C(C#N)CCC32)C[C@@H]1O. The van der Waals surface area contributed by atoms with E-state index in [0.29, 0.717) is 22.7 Å². The van der Waals surface area contributed by atoms with E-state index in [2.05, 4.69) is 26.8 Å². The average Bonchev–Trinajstić information content (AvgIpc) is 2.85. The topological polar surface area (TPSA) is 44.0 Å². The van der Waals surface area contributed by atoms with Gasteiger partial charge in [0.2, 0.25) is 0 Å². The van der Waals surface area contributed by atoms with Gasteiger partial charge in [0.05, 0.1) is 18.1 Å². The van der Waals surface area contributed by atoms with Crippen LogP contribution >= 0.6 is 0 Å². The van der Waals surface area contributed by atoms with Crippen molar-refractivity contribution in [3.63, 3.8) is 0 Å². The Hall–Kier alpha value is -0.550. The summed E-state index contributed by atoms with van der Waals surface area (Å²) in [4.78, 5) is 0. The summed E-state index contributed by atoms with van der Waals surface area (Å²) in [5.74, 6) is 3.95. The minimum absolute atomic E-state index is 0.0760. The van der Waals surface area contributed by atoms with Crippen molar-refractivity contribution in [2.75, 3.05) is 0 Å². The molecule has 0 bridgehead atoms. The highest BCUT2D eigenvalue weighted by Crippen LogP contribution is 2.67. The van der Waals surface area contributed by atoms with E-state index in [0.717, 1.165) is 36.5 Å². The van der Waals surface area contributed by atoms with Crippen molar-refractivity contribution >= 4 is 0 Å². The molecule has 0 aromatic rings. The number of rotatable bonds is 0. The average molecular weight is 316 g/mol. The van der Waals surface area contributed by atoms with Gasteiger partial charge in [-0.2, -0.15) is 5.26 Å². The minimum Gasteiger partial charge on any atom is -0.393 e. The standard InChI is InChI=1S/C21H33NO/c1-13-11-21(3)14(10-19(13)23)4-6-16-17-7-5-15(12-22)20(17,2)9-8-18(16)21/h13-19,23H,4-11H2,1-3H3/t13?,14?,15?,16-,17?,18?,19-,20+,21-/m0/s1. The second-order valence-corrected chi connectivity index (χ2v) is 9.94. The number of nitriles is 1. The summed E-state index contributed by atoms with van der Waals surface area (Å²) >= 11 is 0. The molecule has 4 aliphatic carbocycles. The number of nitrogens with zero attached hydrogens (tertiary/aromatic N) is 1. The van der Waals surface area contributed by atoms with Gasteiger partial charge in [-0.05, 0) is 91.8 Å². The molecule has 0 aromatic carbocycles. The van der Waals surface area contributed by atoms with Crippen molar-refractivity contribution in [3.05, 3.63) is 0 Å². The molecule has 2 nitrogen and oxygen atoms in total. The summed E-state index contributed by atoms with van der Waals surface area (Å²) in [5.41, 5.74) is 0.729. The van der Waals surface area contributed by atoms with Crippen LogP contribution < -0.4 is 0 Å². The Bertz CT molecular complexity index is 524. The van der Waals surface area contributed by atoms with Crippen LogP contribution in [0.15, 0.2) is 0 Å². The molecule has 128 valence electrons. The highest BCUT2D eigenvalue weighted by molar-refractivity contribution is 5.12. The van der Waals surface area contributed by atoms with Crippen molar-refractivity contribution in [2.24, 2.45) is 46.3 Å². The summed E-state index contributed by atoms with van der Waals surface area (Å²) in [6.45, 7) is 7.23. The Morgan fingerprint density at radius 2 is 1.74 bits per heavy atom. The van der Waals surface area contributed by atoms with Crippen LogP contribution in [0.5, 0.6) is 0 Å². The molecule has 0 heterocycles. The fraction of sp³-hybridized carbons (Fsp3) is 0.952. The lowest BCUT2D eigenvalue weighted by Gasteiger charge is -2.61. The van der Waals surface area contributed by atoms with Crippen molar-refractivity contribution in [3.8, 4) is 6.07 Å². The number of aliphatic hydroxyl groups excluding tert-OH is 1. The van der Waals surface area contributed by atoms with Gasteiger partial charge in [-0.15, -0.1) is 0 Å². The van der Waals surface area contributed by atoms with Crippen LogP contribution in [0.25, 0.3) is 0 Å². The third kappa shape index (κ3) is 2.08. The van der Waals surface area contributed by atoms with Crippen LogP contribution in [-0.4, -0.2) is 11.2 Å². The van der Waals surface area contributed by atoms with E-state index in [1.165, 1.54) is 38.5 Å². The molecular formula is C21H33NO. The van der Waals surface area contributed by atoms with Gasteiger partial charge >= 0.3 is 0 Å². The Balaban J connectivity index is 1.63. The van der Waals surface area contributed by atoms with Gasteiger partial charge < -0.3 is 5.11 Å². The largest absolute Gasteiger partial charge is 0.393 e. The van der Waals surface area contributed by atoms with Crippen LogP contribution in [0.3, 0.4) is 0 Å². The van der Waals surface area contributed by atoms with Gasteiger partial charge in [0.1, 0.15) is 0 Å². The highest BCUT2D eigenvalue weighted by Gasteiger charge is 2.60. The summed E-state index contributed by atoms with van der Waals surface area (Å²) < 4.78 is 0. The zero-order valence-corrected chi connectivity index (χ0v) is 15.1. The van der Waals surface area contributed by atoms with Gasteiger partial charge in [-0.1, -0.05) is 20.8 Å². The van der Waals surface area contributed by atoms with Crippen molar-refractivity contribution < 1.29 is 5.11 Å². The van der Waals surface area contributed by atoms with Crippen LogP contribution in [0.4, 0.5) is 0 Å². The fourth-order valence-corrected chi connectivity index (χ4v) is 7.81. The summed E-state index contributed by atoms with van der Waals surface area (Å²) in [7, 11) is 0. The first-order chi connectivity index (χ1) is 10.9. The number of hydrogen-bond donors (Lipinski definition) is 1. The smallest absolute Gasteiger partial charge is 0.0661 e. The number of hydrogen-bond acceptors (Lipinski definition) is 2. The Morgan fingerprint density at radius 1 is 1.00 bits per heavy atom. The van der Waals surface area contributed by atoms with Crippen LogP contribution in [0, 0.1) is 57.7 Å². The monoisotopic (exact) mass is 315 g/mol. The van der Waals surface area contributed by atoms with Gasteiger partial charge in [0.15, 0.2) is 0 Å². The molecule has 23 heavy (non-hydrogen) atoms. The molecule has 4 aliphatic rings. The van der Waals surface area contributed by atoms with E-state index in [9.17, 15) is 10.4 Å². The molecule has 4 fully saturated rings. The molecule has 0 saturated heterocycles. The molecule has 0 aromatic heterocycles. The molecule has 0 spiro atoms. The fourth-order valence-electron chi connectivity index (χ4n) is 7.81. The maximum absolute atomic E-state index is 10.3. The first kappa shape index (κ1) is 15.9. The lowest BCUT2D eigenvalue weighted by atomic mass is 9.44. The van der Waals surface area contributed by atoms with Crippen LogP contribution in [0.1, 0.15) is 72.1 Å². The van der Waals surface area contributed by atoms with Crippen molar-refractivity contribution in [2.45, 2.75) is 78.2 Å². The van der Waals surface area contributed by atoms with E-state index in [1.807, 2.05) is 0 Å². The van der Waals surface area contributed by atoms with Crippen LogP contribution in [-0.2, 0) is 0 Å². The van der Waals surface area contributed by atoms with E-state index >= 15 is 0 Å². The lowest BCUT2D eigenvalue weighted by molar-refractivity contribution is -0.138. The van der Waals surface area contributed by atoms with Gasteiger partial charge in [0, 0.05) is 0 Å². The van der Waals surface area contributed by atoms with Gasteiger partial charge in [-0.3, -0.25) is 0 Å². The summed E-state index contributed by atoms with van der Waals surface area (Å²) in [5, 5.41) is 19.9. The molecule has 1 N–H and O–H groups in total. The third-order valence-corrected chi connectivity index (χ3v) is 9.17.